The molecular formula is C13H18N4S. The lowest BCUT2D eigenvalue weighted by molar-refractivity contribution is 0.673. The van der Waals surface area contributed by atoms with E-state index in [0.717, 1.165) is 17.2 Å². The van der Waals surface area contributed by atoms with E-state index in [1.165, 1.54) is 28.7 Å². The first-order valence-corrected chi connectivity index (χ1v) is 7.21. The molecule has 3 rings (SSSR count). The summed E-state index contributed by atoms with van der Waals surface area (Å²) in [6.07, 6.45) is 4.05. The van der Waals surface area contributed by atoms with Crippen LogP contribution in [-0.2, 0) is 0 Å². The van der Waals surface area contributed by atoms with Gasteiger partial charge in [-0.3, -0.25) is 0 Å². The molecule has 0 aromatic carbocycles. The average Bonchev–Trinajstić information content (AvgIpc) is 2.95. The molecule has 1 saturated heterocycles. The van der Waals surface area contributed by atoms with Gasteiger partial charge in [0.2, 0.25) is 0 Å². The summed E-state index contributed by atoms with van der Waals surface area (Å²) in [6.45, 7) is 6.07. The van der Waals surface area contributed by atoms with Crippen LogP contribution in [0.3, 0.4) is 0 Å². The Morgan fingerprint density at radius 2 is 2.28 bits per heavy atom. The molecule has 1 atom stereocenters. The van der Waals surface area contributed by atoms with Gasteiger partial charge in [-0.1, -0.05) is 0 Å². The zero-order valence-electron chi connectivity index (χ0n) is 10.8. The second-order valence-electron chi connectivity index (χ2n) is 4.89. The first kappa shape index (κ1) is 11.9. The van der Waals surface area contributed by atoms with E-state index in [2.05, 4.69) is 28.7 Å². The number of aromatic nitrogens is 2. The molecule has 96 valence electrons. The van der Waals surface area contributed by atoms with E-state index in [1.54, 1.807) is 17.7 Å². The summed E-state index contributed by atoms with van der Waals surface area (Å²) in [5.41, 5.74) is 7.18. The van der Waals surface area contributed by atoms with E-state index in [9.17, 15) is 0 Å². The van der Waals surface area contributed by atoms with Gasteiger partial charge in [0.05, 0.1) is 5.39 Å². The topological polar surface area (TPSA) is 55.0 Å². The number of rotatable bonds is 2. The molecule has 1 fully saturated rings. The number of nitrogens with zero attached hydrogens (tertiary/aromatic N) is 3. The average molecular weight is 262 g/mol. The van der Waals surface area contributed by atoms with Crippen molar-refractivity contribution in [1.29, 1.82) is 0 Å². The highest BCUT2D eigenvalue weighted by Crippen LogP contribution is 2.36. The summed E-state index contributed by atoms with van der Waals surface area (Å²) in [5.74, 6) is 1.08. The molecule has 0 aliphatic carbocycles. The number of nitrogens with two attached hydrogens (primary N) is 1. The van der Waals surface area contributed by atoms with Crippen LogP contribution in [0.1, 0.15) is 23.3 Å². The van der Waals surface area contributed by atoms with Crippen LogP contribution in [0.2, 0.25) is 0 Å². The maximum Gasteiger partial charge on any atom is 0.141 e. The molecule has 0 radical (unpaired) electrons. The highest BCUT2D eigenvalue weighted by atomic mass is 32.1. The predicted octanol–water partition coefficient (Wildman–Crippen LogP) is 2.24. The molecule has 2 aromatic rings. The highest BCUT2D eigenvalue weighted by Gasteiger charge is 2.27. The van der Waals surface area contributed by atoms with Crippen molar-refractivity contribution >= 4 is 27.4 Å². The minimum atomic E-state index is 0.433. The van der Waals surface area contributed by atoms with Crippen molar-refractivity contribution in [2.24, 2.45) is 5.73 Å². The van der Waals surface area contributed by atoms with Crippen LogP contribution in [0.5, 0.6) is 0 Å². The van der Waals surface area contributed by atoms with Gasteiger partial charge in [-0.25, -0.2) is 9.97 Å². The van der Waals surface area contributed by atoms with Crippen LogP contribution < -0.4 is 10.6 Å². The number of hydrogen-bond acceptors (Lipinski definition) is 5. The number of aryl methyl sites for hydroxylation is 2. The maximum absolute atomic E-state index is 5.87. The Kier molecular flexibility index (Phi) is 2.95. The van der Waals surface area contributed by atoms with Gasteiger partial charge in [0, 0.05) is 24.0 Å². The quantitative estimate of drug-likeness (QED) is 0.901. The van der Waals surface area contributed by atoms with E-state index in [1.807, 2.05) is 0 Å². The van der Waals surface area contributed by atoms with Gasteiger partial charge in [0.15, 0.2) is 0 Å². The van der Waals surface area contributed by atoms with E-state index in [-0.39, 0.29) is 0 Å². The molecule has 0 spiro atoms. The van der Waals surface area contributed by atoms with Gasteiger partial charge in [-0.05, 0) is 32.3 Å². The van der Waals surface area contributed by atoms with Crippen LogP contribution >= 0.6 is 11.3 Å². The van der Waals surface area contributed by atoms with Crippen LogP contribution in [0, 0.1) is 13.8 Å². The second-order valence-corrected chi connectivity index (χ2v) is 6.09. The first-order chi connectivity index (χ1) is 8.72. The fourth-order valence-corrected chi connectivity index (χ4v) is 3.73. The van der Waals surface area contributed by atoms with E-state index >= 15 is 0 Å². The van der Waals surface area contributed by atoms with Gasteiger partial charge in [0.25, 0.3) is 0 Å². The van der Waals surface area contributed by atoms with Crippen molar-refractivity contribution in [2.45, 2.75) is 32.7 Å². The molecule has 0 saturated carbocycles. The van der Waals surface area contributed by atoms with Crippen LogP contribution in [-0.4, -0.2) is 29.1 Å². The van der Waals surface area contributed by atoms with Crippen LogP contribution in [0.4, 0.5) is 5.82 Å². The van der Waals surface area contributed by atoms with Crippen molar-refractivity contribution in [1.82, 2.24) is 9.97 Å². The Bertz CT molecular complexity index is 578. The lowest BCUT2D eigenvalue weighted by Gasteiger charge is -2.25. The first-order valence-electron chi connectivity index (χ1n) is 6.39. The summed E-state index contributed by atoms with van der Waals surface area (Å²) in [5, 5.41) is 1.22. The molecule has 5 heteroatoms. The van der Waals surface area contributed by atoms with Gasteiger partial charge >= 0.3 is 0 Å². The molecule has 0 bridgehead atoms. The third kappa shape index (κ3) is 1.69. The fourth-order valence-electron chi connectivity index (χ4n) is 2.74. The predicted molar refractivity (Wildman–Crippen MR) is 76.3 cm³/mol. The number of hydrogen-bond donors (Lipinski definition) is 1. The van der Waals surface area contributed by atoms with Gasteiger partial charge in [-0.2, -0.15) is 0 Å². The zero-order chi connectivity index (χ0) is 12.7. The van der Waals surface area contributed by atoms with Gasteiger partial charge in [-0.15, -0.1) is 11.3 Å². The highest BCUT2D eigenvalue weighted by molar-refractivity contribution is 7.18. The summed E-state index contributed by atoms with van der Waals surface area (Å²) in [6, 6.07) is 0.433. The maximum atomic E-state index is 5.87. The van der Waals surface area contributed by atoms with Crippen molar-refractivity contribution < 1.29 is 0 Å². The molecule has 4 nitrogen and oxygen atoms in total. The molecule has 2 aromatic heterocycles. The molecule has 2 N–H and O–H groups in total. The SMILES string of the molecule is Cc1sc2ncnc(N3CCCC3CN)c2c1C. The monoisotopic (exact) mass is 262 g/mol. The minimum Gasteiger partial charge on any atom is -0.352 e. The lowest BCUT2D eigenvalue weighted by Crippen LogP contribution is -2.36. The molecule has 1 aliphatic heterocycles. The third-order valence-corrected chi connectivity index (χ3v) is 4.98. The fraction of sp³-hybridized carbons (Fsp3) is 0.538. The summed E-state index contributed by atoms with van der Waals surface area (Å²) in [7, 11) is 0. The summed E-state index contributed by atoms with van der Waals surface area (Å²) >= 11 is 1.75. The van der Waals surface area contributed by atoms with Crippen molar-refractivity contribution in [2.75, 3.05) is 18.0 Å². The smallest absolute Gasteiger partial charge is 0.141 e. The molecule has 0 amide bonds. The van der Waals surface area contributed by atoms with Crippen LogP contribution in [0.15, 0.2) is 6.33 Å². The van der Waals surface area contributed by atoms with Crippen LogP contribution in [0.25, 0.3) is 10.2 Å². The minimum absolute atomic E-state index is 0.433. The molecule has 1 unspecified atom stereocenters. The van der Waals surface area contributed by atoms with Crippen molar-refractivity contribution in [3.8, 4) is 0 Å². The van der Waals surface area contributed by atoms with E-state index in [4.69, 9.17) is 5.73 Å². The summed E-state index contributed by atoms with van der Waals surface area (Å²) in [4.78, 5) is 13.7. The Morgan fingerprint density at radius 1 is 1.44 bits per heavy atom. The molecule has 1 aliphatic rings. The molecular weight excluding hydrogens is 244 g/mol. The Labute approximate surface area is 111 Å². The summed E-state index contributed by atoms with van der Waals surface area (Å²) < 4.78 is 0. The molecule has 3 heterocycles. The van der Waals surface area contributed by atoms with Crippen molar-refractivity contribution in [3.05, 3.63) is 16.8 Å². The third-order valence-electron chi connectivity index (χ3n) is 3.87. The largest absolute Gasteiger partial charge is 0.352 e. The number of thiophene rings is 1. The van der Waals surface area contributed by atoms with Crippen molar-refractivity contribution in [3.63, 3.8) is 0 Å². The van der Waals surface area contributed by atoms with Gasteiger partial charge < -0.3 is 10.6 Å². The Morgan fingerprint density at radius 3 is 3.06 bits per heavy atom. The Balaban J connectivity index is 2.16. The zero-order valence-corrected chi connectivity index (χ0v) is 11.6. The van der Waals surface area contributed by atoms with Gasteiger partial charge in [0.1, 0.15) is 17.0 Å². The number of fused-ring (bicyclic) bond motifs is 1. The van der Waals surface area contributed by atoms with E-state index in [0.29, 0.717) is 12.6 Å². The standard InChI is InChI=1S/C13H18N4S/c1-8-9(2)18-13-11(8)12(15-7-16-13)17-5-3-4-10(17)6-14/h7,10H,3-6,14H2,1-2H3. The normalized spacial score (nSPS) is 19.9. The number of anilines is 1. The van der Waals surface area contributed by atoms with E-state index < -0.39 is 0 Å². The lowest BCUT2D eigenvalue weighted by atomic mass is 10.2. The molecule has 18 heavy (non-hydrogen) atoms. The second kappa shape index (κ2) is 4.48. The Hall–Kier alpha value is -1.20.